The number of ether oxygens (including phenoxy) is 2. The Hall–Kier alpha value is -2.73. The van der Waals surface area contributed by atoms with Gasteiger partial charge in [-0.05, 0) is 43.3 Å². The number of hydrogen-bond donors (Lipinski definition) is 2. The largest absolute Gasteiger partial charge is 0.504 e. The van der Waals surface area contributed by atoms with Gasteiger partial charge in [-0.25, -0.2) is 5.43 Å². The number of carbonyl (C=O) groups excluding carboxylic acids is 1. The Balaban J connectivity index is 2.22. The minimum atomic E-state index is -0.383. The van der Waals surface area contributed by atoms with Crippen molar-refractivity contribution in [2.45, 2.75) is 6.92 Å². The first-order valence-corrected chi connectivity index (χ1v) is 7.40. The van der Waals surface area contributed by atoms with Gasteiger partial charge in [0, 0.05) is 16.1 Å². The predicted molar refractivity (Wildman–Crippen MR) is 92.3 cm³/mol. The van der Waals surface area contributed by atoms with E-state index in [0.29, 0.717) is 27.6 Å². The van der Waals surface area contributed by atoms with Crippen LogP contribution in [0.15, 0.2) is 41.5 Å². The van der Waals surface area contributed by atoms with Crippen LogP contribution in [0.1, 0.15) is 22.8 Å². The smallest absolute Gasteiger partial charge is 0.271 e. The zero-order valence-electron chi connectivity index (χ0n) is 13.5. The summed E-state index contributed by atoms with van der Waals surface area (Å²) in [5, 5.41) is 14.8. The van der Waals surface area contributed by atoms with E-state index in [1.54, 1.807) is 43.3 Å². The molecule has 2 aromatic carbocycles. The number of aromatic hydroxyl groups is 1. The van der Waals surface area contributed by atoms with Crippen LogP contribution in [-0.2, 0) is 0 Å². The van der Waals surface area contributed by atoms with Crippen LogP contribution in [0, 0.1) is 0 Å². The zero-order valence-corrected chi connectivity index (χ0v) is 14.2. The molecule has 0 radical (unpaired) electrons. The van der Waals surface area contributed by atoms with Crippen molar-refractivity contribution >= 4 is 23.2 Å². The number of hydrazone groups is 1. The van der Waals surface area contributed by atoms with Crippen molar-refractivity contribution in [3.63, 3.8) is 0 Å². The second-order valence-corrected chi connectivity index (χ2v) is 5.28. The molecule has 0 aliphatic rings. The topological polar surface area (TPSA) is 80.2 Å². The molecule has 7 heteroatoms. The highest BCUT2D eigenvalue weighted by atomic mass is 35.5. The Bertz CT molecular complexity index is 773. The minimum absolute atomic E-state index is 0.112. The summed E-state index contributed by atoms with van der Waals surface area (Å²) in [6, 6.07) is 9.70. The fourth-order valence-electron chi connectivity index (χ4n) is 2.06. The van der Waals surface area contributed by atoms with Gasteiger partial charge < -0.3 is 14.6 Å². The third kappa shape index (κ3) is 3.78. The number of methoxy groups -OCH3 is 2. The second kappa shape index (κ2) is 7.70. The van der Waals surface area contributed by atoms with E-state index in [9.17, 15) is 9.90 Å². The zero-order chi connectivity index (χ0) is 17.7. The van der Waals surface area contributed by atoms with Crippen molar-refractivity contribution in [3.8, 4) is 17.2 Å². The van der Waals surface area contributed by atoms with E-state index in [-0.39, 0.29) is 17.4 Å². The molecule has 0 spiro atoms. The van der Waals surface area contributed by atoms with Gasteiger partial charge in [-0.2, -0.15) is 5.10 Å². The molecule has 126 valence electrons. The molecule has 0 aromatic heterocycles. The number of hydrogen-bond acceptors (Lipinski definition) is 5. The normalized spacial score (nSPS) is 11.1. The molecule has 1 amide bonds. The molecule has 0 fully saturated rings. The van der Waals surface area contributed by atoms with Crippen LogP contribution in [-0.4, -0.2) is 30.9 Å². The molecule has 24 heavy (non-hydrogen) atoms. The summed E-state index contributed by atoms with van der Waals surface area (Å²) >= 11 is 5.79. The molecule has 2 N–H and O–H groups in total. The summed E-state index contributed by atoms with van der Waals surface area (Å²) in [6.07, 6.45) is 0. The Morgan fingerprint density at radius 2 is 1.79 bits per heavy atom. The van der Waals surface area contributed by atoms with Crippen LogP contribution in [0.5, 0.6) is 17.2 Å². The van der Waals surface area contributed by atoms with E-state index in [1.165, 1.54) is 14.2 Å². The lowest BCUT2D eigenvalue weighted by Crippen LogP contribution is -2.19. The van der Waals surface area contributed by atoms with E-state index in [4.69, 9.17) is 21.1 Å². The maximum Gasteiger partial charge on any atom is 0.271 e. The van der Waals surface area contributed by atoms with Crippen molar-refractivity contribution in [1.29, 1.82) is 0 Å². The third-order valence-electron chi connectivity index (χ3n) is 3.34. The Kier molecular flexibility index (Phi) is 5.65. The van der Waals surface area contributed by atoms with Gasteiger partial charge in [0.25, 0.3) is 5.91 Å². The molecule has 0 heterocycles. The number of phenols is 1. The number of nitrogens with zero attached hydrogens (tertiary/aromatic N) is 1. The first-order chi connectivity index (χ1) is 11.5. The highest BCUT2D eigenvalue weighted by molar-refractivity contribution is 6.30. The van der Waals surface area contributed by atoms with Crippen molar-refractivity contribution in [2.75, 3.05) is 14.2 Å². The van der Waals surface area contributed by atoms with Gasteiger partial charge in [-0.15, -0.1) is 0 Å². The van der Waals surface area contributed by atoms with E-state index in [0.717, 1.165) is 0 Å². The van der Waals surface area contributed by atoms with Crippen LogP contribution in [0.2, 0.25) is 5.02 Å². The molecule has 0 saturated carbocycles. The standard InChI is InChI=1S/C17H17ClN2O4/c1-10(13-8-9-14(23-2)16(24-3)15(13)21)19-20-17(22)11-4-6-12(18)7-5-11/h4-9,21H,1-3H3,(H,20,22). The molecular formula is C17H17ClN2O4. The van der Waals surface area contributed by atoms with Crippen molar-refractivity contribution in [2.24, 2.45) is 5.10 Å². The number of nitrogens with one attached hydrogen (secondary N) is 1. The highest BCUT2D eigenvalue weighted by Crippen LogP contribution is 2.39. The monoisotopic (exact) mass is 348 g/mol. The van der Waals surface area contributed by atoms with Crippen LogP contribution in [0.3, 0.4) is 0 Å². The molecule has 0 unspecified atom stereocenters. The van der Waals surface area contributed by atoms with E-state index >= 15 is 0 Å². The van der Waals surface area contributed by atoms with Crippen molar-refractivity contribution in [1.82, 2.24) is 5.43 Å². The SMILES string of the molecule is COc1ccc(C(C)=NNC(=O)c2ccc(Cl)cc2)c(O)c1OC. The van der Waals surface area contributed by atoms with E-state index < -0.39 is 0 Å². The number of carbonyl (C=O) groups is 1. The van der Waals surface area contributed by atoms with Crippen LogP contribution >= 0.6 is 11.6 Å². The Morgan fingerprint density at radius 3 is 2.38 bits per heavy atom. The quantitative estimate of drug-likeness (QED) is 0.642. The first kappa shape index (κ1) is 17.6. The minimum Gasteiger partial charge on any atom is -0.504 e. The summed E-state index contributed by atoms with van der Waals surface area (Å²) in [7, 11) is 2.90. The van der Waals surface area contributed by atoms with Crippen molar-refractivity contribution in [3.05, 3.63) is 52.5 Å². The molecule has 0 saturated heterocycles. The summed E-state index contributed by atoms with van der Waals surface area (Å²) in [6.45, 7) is 1.66. The summed E-state index contributed by atoms with van der Waals surface area (Å²) in [5.41, 5.74) is 3.69. The van der Waals surface area contributed by atoms with Gasteiger partial charge in [-0.1, -0.05) is 11.6 Å². The lowest BCUT2D eigenvalue weighted by molar-refractivity contribution is 0.0955. The number of amides is 1. The van der Waals surface area contributed by atoms with Gasteiger partial charge in [0.1, 0.15) is 0 Å². The van der Waals surface area contributed by atoms with Crippen molar-refractivity contribution < 1.29 is 19.4 Å². The molecule has 0 atom stereocenters. The number of rotatable bonds is 5. The number of phenolic OH excluding ortho intramolecular Hbond substituents is 1. The fourth-order valence-corrected chi connectivity index (χ4v) is 2.19. The van der Waals surface area contributed by atoms with Gasteiger partial charge in [0.2, 0.25) is 5.75 Å². The average molecular weight is 349 g/mol. The number of halogens is 1. The van der Waals surface area contributed by atoms with Crippen LogP contribution < -0.4 is 14.9 Å². The van der Waals surface area contributed by atoms with Gasteiger partial charge in [0.05, 0.1) is 19.9 Å². The average Bonchev–Trinajstić information content (AvgIpc) is 2.59. The van der Waals surface area contributed by atoms with Gasteiger partial charge in [-0.3, -0.25) is 4.79 Å². The molecule has 0 bridgehead atoms. The van der Waals surface area contributed by atoms with E-state index in [1.807, 2.05) is 0 Å². The maximum absolute atomic E-state index is 12.0. The molecule has 0 aliphatic carbocycles. The molecular weight excluding hydrogens is 332 g/mol. The summed E-state index contributed by atoms with van der Waals surface area (Å²) in [5.74, 6) is 0.107. The molecule has 6 nitrogen and oxygen atoms in total. The maximum atomic E-state index is 12.0. The second-order valence-electron chi connectivity index (χ2n) is 4.84. The predicted octanol–water partition coefficient (Wildman–Crippen LogP) is 3.22. The molecule has 2 rings (SSSR count). The highest BCUT2D eigenvalue weighted by Gasteiger charge is 2.16. The molecule has 2 aromatic rings. The third-order valence-corrected chi connectivity index (χ3v) is 3.59. The summed E-state index contributed by atoms with van der Waals surface area (Å²) in [4.78, 5) is 12.0. The lowest BCUT2D eigenvalue weighted by atomic mass is 10.1. The lowest BCUT2D eigenvalue weighted by Gasteiger charge is -2.12. The summed E-state index contributed by atoms with van der Waals surface area (Å²) < 4.78 is 10.2. The number of benzene rings is 2. The van der Waals surface area contributed by atoms with Gasteiger partial charge >= 0.3 is 0 Å². The van der Waals surface area contributed by atoms with E-state index in [2.05, 4.69) is 10.5 Å². The Labute approximate surface area is 144 Å². The van der Waals surface area contributed by atoms with Gasteiger partial charge in [0.15, 0.2) is 11.5 Å². The fraction of sp³-hybridized carbons (Fsp3) is 0.176. The van der Waals surface area contributed by atoms with Crippen LogP contribution in [0.25, 0.3) is 0 Å². The molecule has 0 aliphatic heterocycles. The van der Waals surface area contributed by atoms with Crippen LogP contribution in [0.4, 0.5) is 0 Å². The first-order valence-electron chi connectivity index (χ1n) is 7.02. The Morgan fingerprint density at radius 1 is 1.12 bits per heavy atom.